The zero-order valence-electron chi connectivity index (χ0n) is 11.6. The second kappa shape index (κ2) is 6.39. The Kier molecular flexibility index (Phi) is 4.58. The molecule has 104 valence electrons. The second-order valence-electron chi connectivity index (χ2n) is 4.32. The van der Waals surface area contributed by atoms with Crippen LogP contribution in [0.1, 0.15) is 18.1 Å². The molecule has 0 saturated heterocycles. The Morgan fingerprint density at radius 2 is 1.75 bits per heavy atom. The number of hydrogen-bond acceptors (Lipinski definition) is 3. The number of aryl methyl sites for hydroxylation is 1. The number of nitrogens with two attached hydrogens (primary N) is 1. The van der Waals surface area contributed by atoms with Crippen molar-refractivity contribution in [1.29, 1.82) is 0 Å². The molecule has 0 unspecified atom stereocenters. The fourth-order valence-electron chi connectivity index (χ4n) is 1.87. The van der Waals surface area contributed by atoms with Gasteiger partial charge in [0.15, 0.2) is 0 Å². The average Bonchev–Trinajstić information content (AvgIpc) is 2.43. The van der Waals surface area contributed by atoms with Crippen LogP contribution in [-0.2, 0) is 0 Å². The van der Waals surface area contributed by atoms with Gasteiger partial charge in [-0.05, 0) is 49.7 Å². The molecule has 0 aliphatic rings. The molecule has 0 fully saturated rings. The molecule has 0 amide bonds. The minimum absolute atomic E-state index is 0.328. The van der Waals surface area contributed by atoms with Gasteiger partial charge in [-0.3, -0.25) is 0 Å². The van der Waals surface area contributed by atoms with Crippen LogP contribution in [0.25, 0.3) is 0 Å². The highest BCUT2D eigenvalue weighted by atomic mass is 32.1. The fourth-order valence-corrected chi connectivity index (χ4v) is 2.03. The highest BCUT2D eigenvalue weighted by Gasteiger charge is 2.10. The molecule has 0 saturated carbocycles. The lowest BCUT2D eigenvalue weighted by Gasteiger charge is -2.13. The van der Waals surface area contributed by atoms with Crippen LogP contribution in [0, 0.1) is 6.92 Å². The van der Waals surface area contributed by atoms with Gasteiger partial charge >= 0.3 is 0 Å². The standard InChI is InChI=1S/C16H17NO2S/c1-3-18-12-7-9-13(10-8-12)19-15-11(2)5-4-6-14(15)16(17)20/h4-10H,3H2,1-2H3,(H2,17,20). The van der Waals surface area contributed by atoms with Crippen LogP contribution >= 0.6 is 12.2 Å². The van der Waals surface area contributed by atoms with Gasteiger partial charge in [0.2, 0.25) is 0 Å². The lowest BCUT2D eigenvalue weighted by Crippen LogP contribution is -2.11. The Labute approximate surface area is 124 Å². The van der Waals surface area contributed by atoms with Gasteiger partial charge < -0.3 is 15.2 Å². The predicted octanol–water partition coefficient (Wildman–Crippen LogP) is 3.82. The van der Waals surface area contributed by atoms with Gasteiger partial charge in [0.1, 0.15) is 22.2 Å². The van der Waals surface area contributed by atoms with Crippen molar-refractivity contribution in [3.05, 3.63) is 53.6 Å². The molecule has 2 rings (SSSR count). The number of rotatable bonds is 5. The first kappa shape index (κ1) is 14.3. The van der Waals surface area contributed by atoms with E-state index in [9.17, 15) is 0 Å². The summed E-state index contributed by atoms with van der Waals surface area (Å²) in [5, 5.41) is 0. The Morgan fingerprint density at radius 1 is 1.10 bits per heavy atom. The number of para-hydroxylation sites is 1. The molecule has 0 aliphatic heterocycles. The zero-order valence-corrected chi connectivity index (χ0v) is 12.4. The van der Waals surface area contributed by atoms with Gasteiger partial charge in [-0.2, -0.15) is 0 Å². The van der Waals surface area contributed by atoms with E-state index in [4.69, 9.17) is 27.4 Å². The molecule has 2 N–H and O–H groups in total. The molecule has 20 heavy (non-hydrogen) atoms. The first-order chi connectivity index (χ1) is 9.61. The molecular weight excluding hydrogens is 270 g/mol. The normalized spacial score (nSPS) is 10.1. The van der Waals surface area contributed by atoms with Gasteiger partial charge in [0.05, 0.1) is 12.2 Å². The highest BCUT2D eigenvalue weighted by Crippen LogP contribution is 2.30. The summed E-state index contributed by atoms with van der Waals surface area (Å²) in [5.74, 6) is 2.24. The molecule has 2 aromatic rings. The van der Waals surface area contributed by atoms with Gasteiger partial charge in [-0.25, -0.2) is 0 Å². The Hall–Kier alpha value is -2.07. The van der Waals surface area contributed by atoms with Crippen LogP contribution in [0.3, 0.4) is 0 Å². The maximum atomic E-state index is 5.91. The third-order valence-electron chi connectivity index (χ3n) is 2.83. The van der Waals surface area contributed by atoms with Crippen molar-refractivity contribution in [3.63, 3.8) is 0 Å². The maximum absolute atomic E-state index is 5.91. The molecule has 0 aromatic heterocycles. The Balaban J connectivity index is 2.27. The highest BCUT2D eigenvalue weighted by molar-refractivity contribution is 7.80. The number of benzene rings is 2. The minimum atomic E-state index is 0.328. The quantitative estimate of drug-likeness (QED) is 0.849. The van der Waals surface area contributed by atoms with E-state index >= 15 is 0 Å². The Morgan fingerprint density at radius 3 is 2.35 bits per heavy atom. The van der Waals surface area contributed by atoms with Crippen LogP contribution in [0.2, 0.25) is 0 Å². The molecule has 0 heterocycles. The van der Waals surface area contributed by atoms with Crippen molar-refractivity contribution in [2.24, 2.45) is 5.73 Å². The van der Waals surface area contributed by atoms with Crippen LogP contribution < -0.4 is 15.2 Å². The van der Waals surface area contributed by atoms with E-state index in [1.54, 1.807) is 0 Å². The van der Waals surface area contributed by atoms with E-state index in [0.29, 0.717) is 17.3 Å². The molecule has 4 heteroatoms. The van der Waals surface area contributed by atoms with Gasteiger partial charge in [0.25, 0.3) is 0 Å². The summed E-state index contributed by atoms with van der Waals surface area (Å²) in [5.41, 5.74) is 7.47. The molecule has 2 aromatic carbocycles. The maximum Gasteiger partial charge on any atom is 0.140 e. The first-order valence-corrected chi connectivity index (χ1v) is 6.82. The second-order valence-corrected chi connectivity index (χ2v) is 4.76. The molecule has 0 bridgehead atoms. The van der Waals surface area contributed by atoms with Crippen LogP contribution in [0.5, 0.6) is 17.2 Å². The number of thiocarbonyl (C=S) groups is 1. The molecular formula is C16H17NO2S. The number of ether oxygens (including phenoxy) is 2. The van der Waals surface area contributed by atoms with Gasteiger partial charge in [-0.1, -0.05) is 24.4 Å². The summed E-state index contributed by atoms with van der Waals surface area (Å²) in [6.45, 7) is 4.56. The third-order valence-corrected chi connectivity index (χ3v) is 3.05. The SMILES string of the molecule is CCOc1ccc(Oc2c(C)cccc2C(N)=S)cc1. The van der Waals surface area contributed by atoms with E-state index in [-0.39, 0.29) is 0 Å². The van der Waals surface area contributed by atoms with Crippen molar-refractivity contribution in [1.82, 2.24) is 0 Å². The van der Waals surface area contributed by atoms with E-state index < -0.39 is 0 Å². The van der Waals surface area contributed by atoms with E-state index in [2.05, 4.69) is 0 Å². The van der Waals surface area contributed by atoms with E-state index in [1.807, 2.05) is 56.3 Å². The largest absolute Gasteiger partial charge is 0.494 e. The van der Waals surface area contributed by atoms with Gasteiger partial charge in [-0.15, -0.1) is 0 Å². The topological polar surface area (TPSA) is 44.5 Å². The summed E-state index contributed by atoms with van der Waals surface area (Å²) >= 11 is 5.06. The summed E-state index contributed by atoms with van der Waals surface area (Å²) < 4.78 is 11.3. The monoisotopic (exact) mass is 287 g/mol. The molecule has 3 nitrogen and oxygen atoms in total. The first-order valence-electron chi connectivity index (χ1n) is 6.42. The fraction of sp³-hybridized carbons (Fsp3) is 0.188. The van der Waals surface area contributed by atoms with Crippen LogP contribution in [0.15, 0.2) is 42.5 Å². The average molecular weight is 287 g/mol. The smallest absolute Gasteiger partial charge is 0.140 e. The van der Waals surface area contributed by atoms with Crippen LogP contribution in [0.4, 0.5) is 0 Å². The molecule has 0 spiro atoms. The lowest BCUT2D eigenvalue weighted by molar-refractivity contribution is 0.339. The van der Waals surface area contributed by atoms with Crippen molar-refractivity contribution >= 4 is 17.2 Å². The van der Waals surface area contributed by atoms with Crippen molar-refractivity contribution in [2.75, 3.05) is 6.61 Å². The number of hydrogen-bond donors (Lipinski definition) is 1. The lowest BCUT2D eigenvalue weighted by atomic mass is 10.1. The minimum Gasteiger partial charge on any atom is -0.494 e. The van der Waals surface area contributed by atoms with E-state index in [0.717, 1.165) is 22.6 Å². The molecule has 0 aliphatic carbocycles. The van der Waals surface area contributed by atoms with Crippen LogP contribution in [-0.4, -0.2) is 11.6 Å². The zero-order chi connectivity index (χ0) is 14.5. The van der Waals surface area contributed by atoms with Crippen molar-refractivity contribution in [3.8, 4) is 17.2 Å². The van der Waals surface area contributed by atoms with E-state index in [1.165, 1.54) is 0 Å². The predicted molar refractivity (Wildman–Crippen MR) is 84.8 cm³/mol. The Bertz CT molecular complexity index is 608. The molecule has 0 radical (unpaired) electrons. The molecule has 0 atom stereocenters. The summed E-state index contributed by atoms with van der Waals surface area (Å²) in [6.07, 6.45) is 0. The summed E-state index contributed by atoms with van der Waals surface area (Å²) in [6, 6.07) is 13.2. The summed E-state index contributed by atoms with van der Waals surface area (Å²) in [4.78, 5) is 0.328. The van der Waals surface area contributed by atoms with Gasteiger partial charge in [0, 0.05) is 0 Å². The third kappa shape index (κ3) is 3.27. The van der Waals surface area contributed by atoms with Crippen molar-refractivity contribution < 1.29 is 9.47 Å². The summed E-state index contributed by atoms with van der Waals surface area (Å²) in [7, 11) is 0. The van der Waals surface area contributed by atoms with Crippen molar-refractivity contribution in [2.45, 2.75) is 13.8 Å².